The Labute approximate surface area is 81.9 Å². The highest BCUT2D eigenvalue weighted by atomic mass is 16.7. The predicted octanol–water partition coefficient (Wildman–Crippen LogP) is 0.173. The molecule has 4 unspecified atom stereocenters. The second-order valence-corrected chi connectivity index (χ2v) is 5.18. The van der Waals surface area contributed by atoms with Gasteiger partial charge < -0.3 is 14.9 Å². The minimum Gasteiger partial charge on any atom is -0.433 e. The van der Waals surface area contributed by atoms with Crippen LogP contribution in [0.15, 0.2) is 0 Å². The van der Waals surface area contributed by atoms with Crippen molar-refractivity contribution in [1.82, 2.24) is 0 Å². The van der Waals surface area contributed by atoms with Crippen LogP contribution in [0.2, 0.25) is 0 Å². The number of carbonyl (C=O) groups excluding carboxylic acids is 1. The third-order valence-corrected chi connectivity index (χ3v) is 3.75. The maximum Gasteiger partial charge on any atom is 0.311 e. The molecule has 0 aromatic heterocycles. The first kappa shape index (κ1) is 8.68. The SMILES string of the molecule is O=C1OC2(O)CC3CC1CC(O)(C3)C2. The highest BCUT2D eigenvalue weighted by molar-refractivity contribution is 5.74. The van der Waals surface area contributed by atoms with Gasteiger partial charge in [-0.15, -0.1) is 0 Å². The molecule has 2 heterocycles. The first-order chi connectivity index (χ1) is 6.48. The van der Waals surface area contributed by atoms with Crippen molar-refractivity contribution in [2.75, 3.05) is 0 Å². The van der Waals surface area contributed by atoms with Crippen LogP contribution < -0.4 is 0 Å². The third kappa shape index (κ3) is 1.10. The Bertz CT molecular complexity index is 302. The molecule has 2 N–H and O–H groups in total. The van der Waals surface area contributed by atoms with Crippen molar-refractivity contribution in [3.05, 3.63) is 0 Å². The van der Waals surface area contributed by atoms with Crippen molar-refractivity contribution in [1.29, 1.82) is 0 Å². The average Bonchev–Trinajstić information content (AvgIpc) is 2.08. The average molecular weight is 198 g/mol. The number of hydrogen-bond donors (Lipinski definition) is 2. The topological polar surface area (TPSA) is 66.8 Å². The standard InChI is InChI=1S/C10H14O4/c11-8-7-1-6-2-9(12,4-7)5-10(13,3-6)14-8/h6-7,12-13H,1-5H2. The summed E-state index contributed by atoms with van der Waals surface area (Å²) in [6.07, 6.45) is 2.63. The molecule has 4 nitrogen and oxygen atoms in total. The van der Waals surface area contributed by atoms with Crippen LogP contribution in [0.4, 0.5) is 0 Å². The summed E-state index contributed by atoms with van der Waals surface area (Å²) in [5, 5.41) is 20.2. The molecule has 2 saturated carbocycles. The van der Waals surface area contributed by atoms with E-state index in [9.17, 15) is 15.0 Å². The lowest BCUT2D eigenvalue weighted by atomic mass is 9.64. The zero-order valence-corrected chi connectivity index (χ0v) is 7.90. The highest BCUT2D eigenvalue weighted by Gasteiger charge is 2.57. The van der Waals surface area contributed by atoms with Gasteiger partial charge in [0.15, 0.2) is 0 Å². The summed E-state index contributed by atoms with van der Waals surface area (Å²) in [4.78, 5) is 11.5. The van der Waals surface area contributed by atoms with Gasteiger partial charge in [-0.3, -0.25) is 4.79 Å². The zero-order valence-electron chi connectivity index (χ0n) is 7.90. The summed E-state index contributed by atoms with van der Waals surface area (Å²) in [5.74, 6) is -1.68. The summed E-state index contributed by atoms with van der Waals surface area (Å²) >= 11 is 0. The van der Waals surface area contributed by atoms with E-state index in [0.717, 1.165) is 6.42 Å². The molecule has 0 radical (unpaired) electrons. The van der Waals surface area contributed by atoms with Gasteiger partial charge in [0.1, 0.15) is 0 Å². The quantitative estimate of drug-likeness (QED) is 0.545. The summed E-state index contributed by atoms with van der Waals surface area (Å²) in [7, 11) is 0. The lowest BCUT2D eigenvalue weighted by Crippen LogP contribution is -2.50. The number of rotatable bonds is 0. The van der Waals surface area contributed by atoms with Crippen LogP contribution in [0.5, 0.6) is 0 Å². The Hall–Kier alpha value is -0.610. The van der Waals surface area contributed by atoms with Crippen molar-refractivity contribution in [3.63, 3.8) is 0 Å². The summed E-state index contributed by atoms with van der Waals surface area (Å²) in [5.41, 5.74) is -0.868. The first-order valence-electron chi connectivity index (χ1n) is 5.16. The number of ether oxygens (including phenoxy) is 1. The van der Waals surface area contributed by atoms with Crippen molar-refractivity contribution in [2.24, 2.45) is 11.8 Å². The molecule has 0 amide bonds. The van der Waals surface area contributed by atoms with Crippen LogP contribution >= 0.6 is 0 Å². The van der Waals surface area contributed by atoms with E-state index in [-0.39, 0.29) is 24.2 Å². The molecule has 4 atom stereocenters. The van der Waals surface area contributed by atoms with Gasteiger partial charge in [0.25, 0.3) is 0 Å². The van der Waals surface area contributed by atoms with Crippen LogP contribution in [-0.2, 0) is 9.53 Å². The van der Waals surface area contributed by atoms with Crippen LogP contribution in [0, 0.1) is 11.8 Å². The van der Waals surface area contributed by atoms with E-state index in [1.165, 1.54) is 0 Å². The van der Waals surface area contributed by atoms with Crippen molar-refractivity contribution >= 4 is 5.97 Å². The second-order valence-electron chi connectivity index (χ2n) is 5.18. The number of hydrogen-bond acceptors (Lipinski definition) is 4. The molecule has 4 heteroatoms. The smallest absolute Gasteiger partial charge is 0.311 e. The summed E-state index contributed by atoms with van der Waals surface area (Å²) in [6.45, 7) is 0. The lowest BCUT2D eigenvalue weighted by molar-refractivity contribution is -0.239. The number of esters is 1. The van der Waals surface area contributed by atoms with E-state index < -0.39 is 11.4 Å². The fourth-order valence-electron chi connectivity index (χ4n) is 3.51. The molecule has 2 saturated heterocycles. The predicted molar refractivity (Wildman–Crippen MR) is 46.1 cm³/mol. The molecule has 0 aromatic rings. The second kappa shape index (κ2) is 2.31. The van der Waals surface area contributed by atoms with Crippen LogP contribution in [0.1, 0.15) is 32.1 Å². The summed E-state index contributed by atoms with van der Waals surface area (Å²) in [6, 6.07) is 0. The van der Waals surface area contributed by atoms with Crippen molar-refractivity contribution < 1.29 is 19.7 Å². The molecule has 78 valence electrons. The fourth-order valence-corrected chi connectivity index (χ4v) is 3.51. The van der Waals surface area contributed by atoms with Crippen molar-refractivity contribution in [2.45, 2.75) is 43.5 Å². The van der Waals surface area contributed by atoms with E-state index in [2.05, 4.69) is 0 Å². The van der Waals surface area contributed by atoms with Gasteiger partial charge >= 0.3 is 5.97 Å². The van der Waals surface area contributed by atoms with Crippen LogP contribution in [-0.4, -0.2) is 27.6 Å². The molecule has 2 aliphatic heterocycles. The van der Waals surface area contributed by atoms with Crippen LogP contribution in [0.25, 0.3) is 0 Å². The molecule has 4 fully saturated rings. The fraction of sp³-hybridized carbons (Fsp3) is 0.900. The minimum atomic E-state index is -1.39. The molecule has 4 bridgehead atoms. The number of aliphatic hydroxyl groups is 2. The van der Waals surface area contributed by atoms with Gasteiger partial charge in [0, 0.05) is 12.8 Å². The van der Waals surface area contributed by atoms with E-state index in [0.29, 0.717) is 19.3 Å². The van der Waals surface area contributed by atoms with Gasteiger partial charge in [-0.2, -0.15) is 0 Å². The Morgan fingerprint density at radius 2 is 2.07 bits per heavy atom. The van der Waals surface area contributed by atoms with Gasteiger partial charge in [-0.25, -0.2) is 0 Å². The normalized spacial score (nSPS) is 55.7. The molecular formula is C10H14O4. The molecule has 0 aromatic carbocycles. The van der Waals surface area contributed by atoms with Gasteiger partial charge in [0.05, 0.1) is 11.5 Å². The summed E-state index contributed by atoms with van der Waals surface area (Å²) < 4.78 is 5.05. The third-order valence-electron chi connectivity index (χ3n) is 3.75. The monoisotopic (exact) mass is 198 g/mol. The van der Waals surface area contributed by atoms with E-state index in [4.69, 9.17) is 4.74 Å². The van der Waals surface area contributed by atoms with E-state index in [1.54, 1.807) is 0 Å². The maximum atomic E-state index is 11.5. The molecular weight excluding hydrogens is 184 g/mol. The Balaban J connectivity index is 2.05. The highest BCUT2D eigenvalue weighted by Crippen LogP contribution is 2.52. The molecule has 14 heavy (non-hydrogen) atoms. The van der Waals surface area contributed by atoms with E-state index >= 15 is 0 Å². The van der Waals surface area contributed by atoms with Gasteiger partial charge in [0.2, 0.25) is 5.79 Å². The molecule has 2 aliphatic carbocycles. The molecule has 4 rings (SSSR count). The lowest BCUT2D eigenvalue weighted by Gasteiger charge is -2.45. The van der Waals surface area contributed by atoms with Gasteiger partial charge in [-0.1, -0.05) is 0 Å². The van der Waals surface area contributed by atoms with Crippen molar-refractivity contribution in [3.8, 4) is 0 Å². The zero-order chi connectivity index (χ0) is 9.97. The van der Waals surface area contributed by atoms with E-state index in [1.807, 2.05) is 0 Å². The Kier molecular flexibility index (Phi) is 1.43. The number of carbonyl (C=O) groups is 1. The molecule has 0 spiro atoms. The largest absolute Gasteiger partial charge is 0.433 e. The van der Waals surface area contributed by atoms with Gasteiger partial charge in [-0.05, 0) is 25.2 Å². The first-order valence-corrected chi connectivity index (χ1v) is 5.16. The maximum absolute atomic E-state index is 11.5. The Morgan fingerprint density at radius 3 is 2.79 bits per heavy atom. The Morgan fingerprint density at radius 1 is 1.29 bits per heavy atom. The molecule has 4 aliphatic rings. The van der Waals surface area contributed by atoms with Crippen LogP contribution in [0.3, 0.4) is 0 Å². The number of fused-ring (bicyclic) bond motifs is 1. The minimum absolute atomic E-state index is 0.193.